The molecule has 0 atom stereocenters. The van der Waals surface area contributed by atoms with Crippen molar-refractivity contribution in [2.75, 3.05) is 0 Å². The molecule has 0 radical (unpaired) electrons. The highest BCUT2D eigenvalue weighted by atomic mass is 19.4. The lowest BCUT2D eigenvalue weighted by atomic mass is 9.84. The quantitative estimate of drug-likeness (QED) is 0.125. The first kappa shape index (κ1) is 112. The van der Waals surface area contributed by atoms with E-state index in [2.05, 4.69) is 515 Å². The second-order valence-corrected chi connectivity index (χ2v) is 47.7. The average Bonchev–Trinajstić information content (AvgIpc) is 0.818. The minimum atomic E-state index is -4.62. The van der Waals surface area contributed by atoms with Crippen molar-refractivity contribution in [2.24, 2.45) is 43.3 Å². The summed E-state index contributed by atoms with van der Waals surface area (Å²) in [5.41, 5.74) is 30.7. The minimum absolute atomic E-state index is 0.117. The van der Waals surface area contributed by atoms with Crippen LogP contribution in [-0.4, -0.2) is 6.36 Å². The van der Waals surface area contributed by atoms with Gasteiger partial charge in [-0.2, -0.15) is 0 Å². The molecule has 0 aliphatic heterocycles. The second-order valence-electron chi connectivity index (χ2n) is 47.7. The molecule has 698 valence electrons. The van der Waals surface area contributed by atoms with Crippen LogP contribution in [0.1, 0.15) is 297 Å². The van der Waals surface area contributed by atoms with Gasteiger partial charge in [-0.3, -0.25) is 0 Å². The number of hydrogen-bond acceptors (Lipinski definition) is 1. The van der Waals surface area contributed by atoms with E-state index in [1.807, 2.05) is 0 Å². The predicted molar refractivity (Wildman–Crippen MR) is 564 cm³/mol. The number of halogens is 3. The molecule has 0 spiro atoms. The second kappa shape index (κ2) is 49.7. The van der Waals surface area contributed by atoms with Crippen molar-refractivity contribution in [2.45, 2.75) is 318 Å². The number of alkyl halides is 3. The molecule has 0 amide bonds. The number of rotatable bonds is 11. The lowest BCUT2D eigenvalue weighted by Crippen LogP contribution is -2.17. The highest BCUT2D eigenvalue weighted by Gasteiger charge is 2.31. The van der Waals surface area contributed by atoms with Crippen molar-refractivity contribution in [1.82, 2.24) is 0 Å². The molecule has 0 heterocycles. The molecule has 0 bridgehead atoms. The van der Waals surface area contributed by atoms with E-state index in [0.29, 0.717) is 37.9 Å². The van der Waals surface area contributed by atoms with Gasteiger partial charge in [0, 0.05) is 0 Å². The maximum absolute atomic E-state index is 11.9. The van der Waals surface area contributed by atoms with Crippen LogP contribution >= 0.6 is 0 Å². The Morgan fingerprint density at radius 2 is 0.488 bits per heavy atom. The first-order valence-corrected chi connectivity index (χ1v) is 47.2. The summed E-state index contributed by atoms with van der Waals surface area (Å²) >= 11 is 0. The van der Waals surface area contributed by atoms with E-state index in [4.69, 9.17) is 0 Å². The zero-order chi connectivity index (χ0) is 97.4. The van der Waals surface area contributed by atoms with Gasteiger partial charge in [-0.1, -0.05) is 486 Å². The first-order valence-electron chi connectivity index (χ1n) is 47.2. The van der Waals surface area contributed by atoms with Crippen molar-refractivity contribution in [3.05, 3.63) is 374 Å². The fourth-order valence-electron chi connectivity index (χ4n) is 14.8. The Labute approximate surface area is 786 Å². The van der Waals surface area contributed by atoms with Gasteiger partial charge in [0.15, 0.2) is 0 Å². The Hall–Kier alpha value is -9.51. The molecule has 0 saturated carbocycles. The normalized spacial score (nSPS) is 11.9. The molecule has 12 aromatic carbocycles. The lowest BCUT2D eigenvalue weighted by Gasteiger charge is -2.21. The summed E-state index contributed by atoms with van der Waals surface area (Å²) in [6.45, 7) is 80.6. The van der Waals surface area contributed by atoms with Crippen molar-refractivity contribution in [1.29, 1.82) is 0 Å². The largest absolute Gasteiger partial charge is 0.573 e. The number of benzene rings is 12. The van der Waals surface area contributed by atoms with Crippen LogP contribution < -0.4 is 4.74 Å². The number of aryl methyl sites for hydroxylation is 6. The molecule has 0 fully saturated rings. The Kier molecular flexibility index (Phi) is 43.0. The minimum Gasteiger partial charge on any atom is -0.406 e. The molecule has 12 rings (SSSR count). The highest BCUT2D eigenvalue weighted by Crippen LogP contribution is 2.34. The van der Waals surface area contributed by atoms with Gasteiger partial charge >= 0.3 is 6.36 Å². The topological polar surface area (TPSA) is 9.23 Å². The van der Waals surface area contributed by atoms with E-state index >= 15 is 0 Å². The fourth-order valence-corrected chi connectivity index (χ4v) is 14.8. The highest BCUT2D eigenvalue weighted by molar-refractivity contribution is 5.83. The van der Waals surface area contributed by atoms with Crippen LogP contribution in [0.4, 0.5) is 13.2 Å². The summed E-state index contributed by atoms with van der Waals surface area (Å²) in [6.07, 6.45) is 4.24. The van der Waals surface area contributed by atoms with Gasteiger partial charge in [0.1, 0.15) is 5.75 Å². The van der Waals surface area contributed by atoms with Gasteiger partial charge in [-0.05, 0) is 276 Å². The van der Waals surface area contributed by atoms with Crippen LogP contribution in [0.5, 0.6) is 5.75 Å². The monoisotopic (exact) mass is 1750 g/mol. The molecule has 0 unspecified atom stereocenters. The van der Waals surface area contributed by atoms with E-state index in [-0.39, 0.29) is 22.0 Å². The Bertz CT molecular complexity index is 5080. The molecule has 0 saturated heterocycles. The molecule has 1 nitrogen and oxygen atoms in total. The van der Waals surface area contributed by atoms with Crippen molar-refractivity contribution < 1.29 is 17.9 Å². The molecular formula is C125H171F3O. The maximum Gasteiger partial charge on any atom is 0.573 e. The molecule has 0 aromatic heterocycles. The summed E-state index contributed by atoms with van der Waals surface area (Å²) in [5.74, 6) is -0.176. The van der Waals surface area contributed by atoms with Crippen molar-refractivity contribution >= 4 is 10.8 Å². The molecule has 0 aliphatic carbocycles. The van der Waals surface area contributed by atoms with Crippen molar-refractivity contribution in [3.63, 3.8) is 0 Å². The van der Waals surface area contributed by atoms with Crippen LogP contribution in [0.15, 0.2) is 285 Å². The average molecular weight is 1750 g/mol. The van der Waals surface area contributed by atoms with E-state index in [0.717, 1.165) is 50.5 Å². The van der Waals surface area contributed by atoms with E-state index in [1.54, 1.807) is 12.1 Å². The van der Waals surface area contributed by atoms with Gasteiger partial charge in [0.05, 0.1) is 0 Å². The molecule has 4 heteroatoms. The summed E-state index contributed by atoms with van der Waals surface area (Å²) in [6, 6.07) is 100. The third-order valence-corrected chi connectivity index (χ3v) is 21.0. The first-order chi connectivity index (χ1) is 59.2. The van der Waals surface area contributed by atoms with Crippen LogP contribution in [0.2, 0.25) is 0 Å². The summed E-state index contributed by atoms with van der Waals surface area (Å²) in [4.78, 5) is 0. The zero-order valence-electron chi connectivity index (χ0n) is 87.3. The van der Waals surface area contributed by atoms with Crippen LogP contribution in [0.25, 0.3) is 33.0 Å². The standard InChI is InChI=1S/2C17H20.C15H24.C14H16.3C13H20.C12H15F3O.C11H16/c1-17(2,3)13-14-8-7-11-16(12-14)15-9-5-4-6-10-15;1-17(2,3)13-14-9-11-16(12-10-14)15-7-5-4-6-8-15;1-14(2,3)11-12-7-9-13(10-8-12)15(4,5)6;1-14(2,3)13-9-8-11-6-4-5-7-12(11)10-13;2*1-10-6-7-12(8-11(10)2)9-13(3,4)5;1-10-6-7-11(2)12(8-10)9-13(3,4)5;1-11(2,3)8-9-4-6-10(7-5-9)16-12(13,14)15;1-11(2,3)9-10-7-5-4-6-8-10/h2*4-12H,13H2,1-3H3;7-10H,11H2,1-6H3;4-10H,1-3H3;3*6-8H,9H2,1-5H3;4-7H,8H2,1-3H3;4-8H,9H2,1-3H3. The Morgan fingerprint density at radius 3 is 0.860 bits per heavy atom. The number of fused-ring (bicyclic) bond motifs is 1. The SMILES string of the molecule is CC(C)(C)Cc1ccc(-c2ccccc2)cc1.CC(C)(C)Cc1ccc(C(C)(C)C)cc1.CC(C)(C)Cc1ccc(OC(F)(F)F)cc1.CC(C)(C)Cc1cccc(-c2ccccc2)c1.CC(C)(C)Cc1ccccc1.CC(C)(C)c1ccc2ccccc2c1.Cc1ccc(C)c(CC(C)(C)C)c1.Cc1ccc(CC(C)(C)C)cc1C.Cc1ccc(CC(C)(C)C)cc1C. The summed E-state index contributed by atoms with van der Waals surface area (Å²) in [5, 5.41) is 2.65. The Morgan fingerprint density at radius 1 is 0.202 bits per heavy atom. The van der Waals surface area contributed by atoms with Gasteiger partial charge in [0.25, 0.3) is 0 Å². The van der Waals surface area contributed by atoms with Gasteiger partial charge in [-0.25, -0.2) is 0 Å². The fraction of sp³-hybridized carbons (Fsp3) is 0.440. The van der Waals surface area contributed by atoms with Crippen molar-refractivity contribution in [3.8, 4) is 28.0 Å². The van der Waals surface area contributed by atoms with E-state index in [1.165, 1.54) is 135 Å². The molecule has 0 aliphatic rings. The molecule has 12 aromatic rings. The predicted octanol–water partition coefficient (Wildman–Crippen LogP) is 37.7. The van der Waals surface area contributed by atoms with E-state index in [9.17, 15) is 13.2 Å². The maximum atomic E-state index is 11.9. The zero-order valence-corrected chi connectivity index (χ0v) is 87.3. The third-order valence-electron chi connectivity index (χ3n) is 21.0. The number of hydrogen-bond donors (Lipinski definition) is 0. The van der Waals surface area contributed by atoms with E-state index < -0.39 is 6.36 Å². The van der Waals surface area contributed by atoms with Crippen LogP contribution in [0.3, 0.4) is 0 Å². The Balaban J connectivity index is 0.000000305. The number of ether oxygens (including phenoxy) is 1. The lowest BCUT2D eigenvalue weighted by molar-refractivity contribution is -0.274. The van der Waals surface area contributed by atoms with Crippen LogP contribution in [0, 0.1) is 84.9 Å². The molecular weight excluding hydrogens is 1570 g/mol. The smallest absolute Gasteiger partial charge is 0.406 e. The summed E-state index contributed by atoms with van der Waals surface area (Å²) in [7, 11) is 0. The van der Waals surface area contributed by atoms with Gasteiger partial charge in [0.2, 0.25) is 0 Å². The third kappa shape index (κ3) is 50.5. The molecule has 129 heavy (non-hydrogen) atoms. The van der Waals surface area contributed by atoms with Gasteiger partial charge in [-0.15, -0.1) is 13.2 Å². The van der Waals surface area contributed by atoms with Gasteiger partial charge < -0.3 is 4.74 Å². The molecule has 0 N–H and O–H groups in total. The van der Waals surface area contributed by atoms with Crippen LogP contribution in [-0.2, 0) is 62.2 Å². The summed E-state index contributed by atoms with van der Waals surface area (Å²) < 4.78 is 39.5.